The monoisotopic (exact) mass is 408 g/mol. The van der Waals surface area contributed by atoms with Crippen LogP contribution in [0.25, 0.3) is 12.2 Å². The second-order valence-electron chi connectivity index (χ2n) is 9.06. The number of likely N-dealkylation sites (tertiary alicyclic amines) is 1. The van der Waals surface area contributed by atoms with Crippen molar-refractivity contribution in [2.24, 2.45) is 0 Å². The average Bonchev–Trinajstić information content (AvgIpc) is 3.60. The van der Waals surface area contributed by atoms with E-state index >= 15 is 0 Å². The van der Waals surface area contributed by atoms with Gasteiger partial charge in [0.25, 0.3) is 0 Å². The van der Waals surface area contributed by atoms with Crippen molar-refractivity contribution in [3.05, 3.63) is 107 Å². The van der Waals surface area contributed by atoms with E-state index in [4.69, 9.17) is 0 Å². The quantitative estimate of drug-likeness (QED) is 0.485. The Kier molecular flexibility index (Phi) is 6.29. The number of hydrogen-bond acceptors (Lipinski definition) is 2. The van der Waals surface area contributed by atoms with Crippen molar-refractivity contribution in [3.8, 4) is 0 Å². The molecule has 3 aromatic carbocycles. The highest BCUT2D eigenvalue weighted by Gasteiger charge is 2.39. The molecule has 0 amide bonds. The number of rotatable bonds is 7. The van der Waals surface area contributed by atoms with Crippen LogP contribution in [-0.2, 0) is 6.54 Å². The first kappa shape index (κ1) is 20.2. The minimum absolute atomic E-state index is 0.681. The molecule has 2 unspecified atom stereocenters. The van der Waals surface area contributed by atoms with E-state index in [0.29, 0.717) is 12.1 Å². The lowest BCUT2D eigenvalue weighted by Crippen LogP contribution is -2.43. The molecule has 5 rings (SSSR count). The van der Waals surface area contributed by atoms with E-state index in [9.17, 15) is 0 Å². The molecule has 31 heavy (non-hydrogen) atoms. The fourth-order valence-corrected chi connectivity index (χ4v) is 4.76. The van der Waals surface area contributed by atoms with E-state index in [1.807, 2.05) is 0 Å². The SMILES string of the molecule is C(=C\c1ccc(CN2CCC(NC3CC3c3ccccc3)CC2)cc1)/c1ccccc1. The summed E-state index contributed by atoms with van der Waals surface area (Å²) in [6, 6.07) is 31.9. The third-order valence-electron chi connectivity index (χ3n) is 6.71. The van der Waals surface area contributed by atoms with Gasteiger partial charge in [-0.3, -0.25) is 4.90 Å². The van der Waals surface area contributed by atoms with Crippen molar-refractivity contribution in [2.45, 2.75) is 43.8 Å². The van der Waals surface area contributed by atoms with Gasteiger partial charge in [-0.15, -0.1) is 0 Å². The van der Waals surface area contributed by atoms with Crippen LogP contribution in [0.3, 0.4) is 0 Å². The molecule has 1 aliphatic carbocycles. The molecule has 1 saturated heterocycles. The third kappa shape index (κ3) is 5.52. The fraction of sp³-hybridized carbons (Fsp3) is 0.310. The molecule has 2 atom stereocenters. The van der Waals surface area contributed by atoms with Gasteiger partial charge in [-0.2, -0.15) is 0 Å². The normalized spacial score (nSPS) is 22.1. The summed E-state index contributed by atoms with van der Waals surface area (Å²) in [4.78, 5) is 2.61. The van der Waals surface area contributed by atoms with E-state index in [1.165, 1.54) is 54.6 Å². The molecule has 3 aromatic rings. The van der Waals surface area contributed by atoms with E-state index in [1.54, 1.807) is 0 Å². The molecule has 1 saturated carbocycles. The summed E-state index contributed by atoms with van der Waals surface area (Å²) in [7, 11) is 0. The zero-order valence-corrected chi connectivity index (χ0v) is 18.2. The zero-order valence-electron chi connectivity index (χ0n) is 18.2. The highest BCUT2D eigenvalue weighted by molar-refractivity contribution is 5.69. The van der Waals surface area contributed by atoms with Crippen LogP contribution < -0.4 is 5.32 Å². The van der Waals surface area contributed by atoms with Crippen LogP contribution in [0.2, 0.25) is 0 Å². The third-order valence-corrected chi connectivity index (χ3v) is 6.71. The average molecular weight is 409 g/mol. The number of hydrogen-bond donors (Lipinski definition) is 1. The Bertz CT molecular complexity index is 970. The summed E-state index contributed by atoms with van der Waals surface area (Å²) >= 11 is 0. The van der Waals surface area contributed by atoms with E-state index in [0.717, 1.165) is 12.5 Å². The van der Waals surface area contributed by atoms with Crippen LogP contribution in [0.15, 0.2) is 84.9 Å². The Morgan fingerprint density at radius 2 is 1.35 bits per heavy atom. The molecule has 1 heterocycles. The smallest absolute Gasteiger partial charge is 0.0233 e. The molecule has 2 fully saturated rings. The molecular weight excluding hydrogens is 376 g/mol. The summed E-state index contributed by atoms with van der Waals surface area (Å²) in [6.45, 7) is 3.44. The molecular formula is C29H32N2. The maximum absolute atomic E-state index is 3.93. The first-order chi connectivity index (χ1) is 15.3. The topological polar surface area (TPSA) is 15.3 Å². The van der Waals surface area contributed by atoms with Crippen LogP contribution in [-0.4, -0.2) is 30.1 Å². The lowest BCUT2D eigenvalue weighted by molar-refractivity contribution is 0.189. The second kappa shape index (κ2) is 9.64. The van der Waals surface area contributed by atoms with Crippen molar-refractivity contribution in [3.63, 3.8) is 0 Å². The molecule has 2 nitrogen and oxygen atoms in total. The molecule has 0 radical (unpaired) electrons. The van der Waals surface area contributed by atoms with Crippen LogP contribution in [0, 0.1) is 0 Å². The molecule has 0 spiro atoms. The van der Waals surface area contributed by atoms with Crippen LogP contribution in [0.1, 0.15) is 47.4 Å². The predicted octanol–water partition coefficient (Wildman–Crippen LogP) is 5.97. The van der Waals surface area contributed by atoms with Crippen molar-refractivity contribution in [1.82, 2.24) is 10.2 Å². The lowest BCUT2D eigenvalue weighted by atomic mass is 10.0. The molecule has 1 aliphatic heterocycles. The van der Waals surface area contributed by atoms with Gasteiger partial charge in [0, 0.05) is 24.5 Å². The molecule has 0 bridgehead atoms. The number of nitrogens with zero attached hydrogens (tertiary/aromatic N) is 1. The first-order valence-corrected chi connectivity index (χ1v) is 11.7. The van der Waals surface area contributed by atoms with Crippen LogP contribution >= 0.6 is 0 Å². The Balaban J connectivity index is 1.06. The van der Waals surface area contributed by atoms with Crippen LogP contribution in [0.4, 0.5) is 0 Å². The predicted molar refractivity (Wildman–Crippen MR) is 131 cm³/mol. The second-order valence-corrected chi connectivity index (χ2v) is 9.06. The van der Waals surface area contributed by atoms with Gasteiger partial charge in [0.2, 0.25) is 0 Å². The highest BCUT2D eigenvalue weighted by atomic mass is 15.1. The molecule has 2 heteroatoms. The van der Waals surface area contributed by atoms with Gasteiger partial charge in [0.05, 0.1) is 0 Å². The highest BCUT2D eigenvalue weighted by Crippen LogP contribution is 2.41. The van der Waals surface area contributed by atoms with E-state index in [2.05, 4.69) is 107 Å². The Hall–Kier alpha value is -2.68. The summed E-state index contributed by atoms with van der Waals surface area (Å²) in [5.41, 5.74) is 5.41. The minimum Gasteiger partial charge on any atom is -0.311 e. The molecule has 1 N–H and O–H groups in total. The van der Waals surface area contributed by atoms with E-state index < -0.39 is 0 Å². The largest absolute Gasteiger partial charge is 0.311 e. The van der Waals surface area contributed by atoms with Gasteiger partial charge in [-0.05, 0) is 54.6 Å². The molecule has 0 aromatic heterocycles. The van der Waals surface area contributed by atoms with Crippen molar-refractivity contribution in [1.29, 1.82) is 0 Å². The zero-order chi connectivity index (χ0) is 20.9. The fourth-order valence-electron chi connectivity index (χ4n) is 4.76. The number of nitrogens with one attached hydrogen (secondary N) is 1. The first-order valence-electron chi connectivity index (χ1n) is 11.7. The summed E-state index contributed by atoms with van der Waals surface area (Å²) < 4.78 is 0. The summed E-state index contributed by atoms with van der Waals surface area (Å²) in [5, 5.41) is 3.93. The van der Waals surface area contributed by atoms with Crippen molar-refractivity contribution < 1.29 is 0 Å². The molecule has 2 aliphatic rings. The standard InChI is InChI=1S/C29H32N2/c1-3-7-23(8-4-1)11-12-24-13-15-25(16-14-24)22-31-19-17-27(18-20-31)30-29-21-28(29)26-9-5-2-6-10-26/h1-16,27-30H,17-22H2/b12-11+. The van der Waals surface area contributed by atoms with Crippen LogP contribution in [0.5, 0.6) is 0 Å². The number of piperidine rings is 1. The Morgan fingerprint density at radius 1 is 0.742 bits per heavy atom. The Morgan fingerprint density at radius 3 is 2.03 bits per heavy atom. The van der Waals surface area contributed by atoms with Gasteiger partial charge >= 0.3 is 0 Å². The maximum Gasteiger partial charge on any atom is 0.0233 e. The van der Waals surface area contributed by atoms with Crippen molar-refractivity contribution in [2.75, 3.05) is 13.1 Å². The maximum atomic E-state index is 3.93. The Labute approximate surface area is 186 Å². The minimum atomic E-state index is 0.681. The van der Waals surface area contributed by atoms with Gasteiger partial charge in [0.1, 0.15) is 0 Å². The number of benzene rings is 3. The van der Waals surface area contributed by atoms with Gasteiger partial charge in [-0.1, -0.05) is 97.1 Å². The summed E-state index contributed by atoms with van der Waals surface area (Å²) in [5.74, 6) is 0.730. The van der Waals surface area contributed by atoms with Gasteiger partial charge in [0.15, 0.2) is 0 Å². The van der Waals surface area contributed by atoms with Gasteiger partial charge < -0.3 is 5.32 Å². The van der Waals surface area contributed by atoms with Crippen molar-refractivity contribution >= 4 is 12.2 Å². The molecule has 158 valence electrons. The van der Waals surface area contributed by atoms with Gasteiger partial charge in [-0.25, -0.2) is 0 Å². The van der Waals surface area contributed by atoms with E-state index in [-0.39, 0.29) is 0 Å². The summed E-state index contributed by atoms with van der Waals surface area (Å²) in [6.07, 6.45) is 8.19. The lowest BCUT2D eigenvalue weighted by Gasteiger charge is -2.32.